The third-order valence-electron chi connectivity index (χ3n) is 2.23. The van der Waals surface area contributed by atoms with Crippen molar-refractivity contribution in [2.24, 2.45) is 0 Å². The van der Waals surface area contributed by atoms with Crippen LogP contribution in [0, 0.1) is 0 Å². The fourth-order valence-corrected chi connectivity index (χ4v) is 3.13. The highest BCUT2D eigenvalue weighted by molar-refractivity contribution is 7.99. The molecule has 1 aromatic carbocycles. The minimum atomic E-state index is 0.653. The molecular formula is C12H11Cl2N3S2. The van der Waals surface area contributed by atoms with Crippen molar-refractivity contribution in [1.82, 2.24) is 9.97 Å². The van der Waals surface area contributed by atoms with Crippen molar-refractivity contribution in [1.29, 1.82) is 0 Å². The van der Waals surface area contributed by atoms with E-state index in [0.717, 1.165) is 15.7 Å². The van der Waals surface area contributed by atoms with Crippen LogP contribution in [0.5, 0.6) is 0 Å². The van der Waals surface area contributed by atoms with E-state index in [2.05, 4.69) is 15.3 Å². The second-order valence-electron chi connectivity index (χ2n) is 3.50. The number of nitrogens with one attached hydrogen (secondary N) is 1. The molecule has 19 heavy (non-hydrogen) atoms. The molecule has 1 aromatic heterocycles. The molecule has 0 amide bonds. The van der Waals surface area contributed by atoms with Crippen LogP contribution in [0.15, 0.2) is 39.3 Å². The van der Waals surface area contributed by atoms with Gasteiger partial charge in [-0.15, -0.1) is 0 Å². The Labute approximate surface area is 130 Å². The molecule has 0 bridgehead atoms. The van der Waals surface area contributed by atoms with Crippen LogP contribution in [-0.4, -0.2) is 23.3 Å². The number of nitrogens with zero attached hydrogens (tertiary/aromatic N) is 2. The summed E-state index contributed by atoms with van der Waals surface area (Å²) in [6, 6.07) is 7.25. The lowest BCUT2D eigenvalue weighted by atomic mass is 10.4. The van der Waals surface area contributed by atoms with Gasteiger partial charge in [0.05, 0.1) is 5.02 Å². The van der Waals surface area contributed by atoms with Gasteiger partial charge in [0, 0.05) is 23.0 Å². The maximum absolute atomic E-state index is 6.15. The largest absolute Gasteiger partial charge is 0.373 e. The first-order chi connectivity index (χ1) is 9.12. The van der Waals surface area contributed by atoms with E-state index in [0.29, 0.717) is 15.2 Å². The Bertz CT molecular complexity index is 571. The Morgan fingerprint density at radius 1 is 1.16 bits per heavy atom. The highest BCUT2D eigenvalue weighted by Gasteiger charge is 2.08. The Hall–Kier alpha value is -0.620. The predicted octanol–water partition coefficient (Wildman–Crippen LogP) is 4.70. The second-order valence-corrected chi connectivity index (χ2v) is 6.18. The van der Waals surface area contributed by atoms with Crippen LogP contribution >= 0.6 is 46.7 Å². The number of halogens is 2. The third-order valence-corrected chi connectivity index (χ3v) is 4.43. The van der Waals surface area contributed by atoms with Crippen molar-refractivity contribution in [2.45, 2.75) is 15.1 Å². The van der Waals surface area contributed by atoms with Gasteiger partial charge in [0.25, 0.3) is 0 Å². The summed E-state index contributed by atoms with van der Waals surface area (Å²) in [5.74, 6) is 0.778. The molecule has 0 aliphatic carbocycles. The van der Waals surface area contributed by atoms with Gasteiger partial charge < -0.3 is 5.32 Å². The normalized spacial score (nSPS) is 10.5. The van der Waals surface area contributed by atoms with Gasteiger partial charge in [0.1, 0.15) is 10.8 Å². The fourth-order valence-electron chi connectivity index (χ4n) is 1.34. The van der Waals surface area contributed by atoms with Crippen LogP contribution < -0.4 is 5.32 Å². The van der Waals surface area contributed by atoms with Gasteiger partial charge >= 0.3 is 0 Å². The van der Waals surface area contributed by atoms with Gasteiger partial charge in [-0.1, -0.05) is 46.7 Å². The molecule has 3 nitrogen and oxygen atoms in total. The molecule has 2 rings (SSSR count). The molecule has 7 heteroatoms. The number of benzene rings is 1. The van der Waals surface area contributed by atoms with Crippen LogP contribution in [0.2, 0.25) is 10.0 Å². The molecule has 0 saturated carbocycles. The fraction of sp³-hybridized carbons (Fsp3) is 0.167. The Morgan fingerprint density at radius 2 is 1.95 bits per heavy atom. The lowest BCUT2D eigenvalue weighted by Crippen LogP contribution is -1.96. The standard InChI is InChI=1S/C12H11Cl2N3S2/c1-15-10-6-11(17-12(16-10)18-2)19-9-5-7(13)3-4-8(9)14/h3-6H,1-2H3,(H,15,16,17). The van der Waals surface area contributed by atoms with Crippen molar-refractivity contribution in [3.63, 3.8) is 0 Å². The Morgan fingerprint density at radius 3 is 2.63 bits per heavy atom. The molecule has 0 aliphatic rings. The zero-order valence-electron chi connectivity index (χ0n) is 10.3. The summed E-state index contributed by atoms with van der Waals surface area (Å²) in [6.45, 7) is 0. The SMILES string of the molecule is CNc1cc(Sc2cc(Cl)ccc2Cl)nc(SC)n1. The van der Waals surface area contributed by atoms with E-state index in [1.165, 1.54) is 23.5 Å². The maximum Gasteiger partial charge on any atom is 0.190 e. The highest BCUT2D eigenvalue weighted by Crippen LogP contribution is 2.35. The van der Waals surface area contributed by atoms with Crippen LogP contribution in [0.3, 0.4) is 0 Å². The summed E-state index contributed by atoms with van der Waals surface area (Å²) in [7, 11) is 1.83. The summed E-state index contributed by atoms with van der Waals surface area (Å²) < 4.78 is 0. The first kappa shape index (κ1) is 14.8. The van der Waals surface area contributed by atoms with E-state index in [4.69, 9.17) is 23.2 Å². The number of rotatable bonds is 4. The monoisotopic (exact) mass is 331 g/mol. The number of hydrogen-bond donors (Lipinski definition) is 1. The molecule has 100 valence electrons. The summed E-state index contributed by atoms with van der Waals surface area (Å²) in [6.07, 6.45) is 1.94. The third kappa shape index (κ3) is 3.92. The summed E-state index contributed by atoms with van der Waals surface area (Å²) >= 11 is 15.1. The molecule has 0 radical (unpaired) electrons. The molecule has 1 N–H and O–H groups in total. The summed E-state index contributed by atoms with van der Waals surface area (Å²) in [5, 5.41) is 5.87. The van der Waals surface area contributed by atoms with E-state index in [9.17, 15) is 0 Å². The van der Waals surface area contributed by atoms with Crippen LogP contribution in [0.1, 0.15) is 0 Å². The van der Waals surface area contributed by atoms with E-state index < -0.39 is 0 Å². The molecule has 0 fully saturated rings. The lowest BCUT2D eigenvalue weighted by molar-refractivity contribution is 0.897. The van der Waals surface area contributed by atoms with Crippen LogP contribution in [0.25, 0.3) is 0 Å². The molecule has 0 atom stereocenters. The van der Waals surface area contributed by atoms with E-state index in [1.54, 1.807) is 12.1 Å². The average molecular weight is 332 g/mol. The number of hydrogen-bond acceptors (Lipinski definition) is 5. The first-order valence-corrected chi connectivity index (χ1v) is 8.16. The zero-order chi connectivity index (χ0) is 13.8. The molecule has 2 aromatic rings. The van der Waals surface area contributed by atoms with Crippen molar-refractivity contribution < 1.29 is 0 Å². The maximum atomic E-state index is 6.15. The molecule has 0 spiro atoms. The lowest BCUT2D eigenvalue weighted by Gasteiger charge is -2.07. The van der Waals surface area contributed by atoms with E-state index in [-0.39, 0.29) is 0 Å². The quantitative estimate of drug-likeness (QED) is 0.499. The van der Waals surface area contributed by atoms with Crippen molar-refractivity contribution in [2.75, 3.05) is 18.6 Å². The summed E-state index contributed by atoms with van der Waals surface area (Å²) in [4.78, 5) is 9.64. The minimum Gasteiger partial charge on any atom is -0.373 e. The molecule has 0 saturated heterocycles. The van der Waals surface area contributed by atoms with E-state index >= 15 is 0 Å². The zero-order valence-corrected chi connectivity index (χ0v) is 13.4. The van der Waals surface area contributed by atoms with Crippen LogP contribution in [-0.2, 0) is 0 Å². The van der Waals surface area contributed by atoms with E-state index in [1.807, 2.05) is 25.4 Å². The topological polar surface area (TPSA) is 37.8 Å². The molecular weight excluding hydrogens is 321 g/mol. The Kier molecular flexibility index (Phi) is 5.21. The first-order valence-electron chi connectivity index (χ1n) is 5.36. The van der Waals surface area contributed by atoms with Crippen LogP contribution in [0.4, 0.5) is 5.82 Å². The highest BCUT2D eigenvalue weighted by atomic mass is 35.5. The van der Waals surface area contributed by atoms with Crippen molar-refractivity contribution in [3.05, 3.63) is 34.3 Å². The van der Waals surface area contributed by atoms with Gasteiger partial charge in [0.2, 0.25) is 0 Å². The molecule has 1 heterocycles. The minimum absolute atomic E-state index is 0.653. The smallest absolute Gasteiger partial charge is 0.190 e. The number of thioether (sulfide) groups is 1. The predicted molar refractivity (Wildman–Crippen MR) is 83.9 cm³/mol. The van der Waals surface area contributed by atoms with Gasteiger partial charge in [-0.2, -0.15) is 0 Å². The van der Waals surface area contributed by atoms with Gasteiger partial charge in [-0.05, 0) is 24.5 Å². The summed E-state index contributed by atoms with van der Waals surface area (Å²) in [5.41, 5.74) is 0. The molecule has 0 unspecified atom stereocenters. The average Bonchev–Trinajstić information content (AvgIpc) is 2.42. The van der Waals surface area contributed by atoms with Gasteiger partial charge in [-0.25, -0.2) is 9.97 Å². The molecule has 0 aliphatic heterocycles. The van der Waals surface area contributed by atoms with Crippen molar-refractivity contribution in [3.8, 4) is 0 Å². The number of aromatic nitrogens is 2. The van der Waals surface area contributed by atoms with Gasteiger partial charge in [-0.3, -0.25) is 0 Å². The van der Waals surface area contributed by atoms with Gasteiger partial charge in [0.15, 0.2) is 5.16 Å². The second kappa shape index (κ2) is 6.70. The van der Waals surface area contributed by atoms with Crippen molar-refractivity contribution >= 4 is 52.5 Å². The Balaban J connectivity index is 2.34. The number of anilines is 1.